The summed E-state index contributed by atoms with van der Waals surface area (Å²) in [5.41, 5.74) is 6.30. The number of aromatic nitrogens is 1. The predicted molar refractivity (Wildman–Crippen MR) is 84.6 cm³/mol. The van der Waals surface area contributed by atoms with E-state index in [9.17, 15) is 18.4 Å². The highest BCUT2D eigenvalue weighted by Crippen LogP contribution is 2.32. The van der Waals surface area contributed by atoms with E-state index in [4.69, 9.17) is 11.0 Å². The highest BCUT2D eigenvalue weighted by atomic mass is 19.3. The molecule has 1 atom stereocenters. The Morgan fingerprint density at radius 3 is 2.80 bits per heavy atom. The zero-order chi connectivity index (χ0) is 18.2. The van der Waals surface area contributed by atoms with Gasteiger partial charge in [0.05, 0.1) is 35.8 Å². The minimum Gasteiger partial charge on any atom is -0.366 e. The Morgan fingerprint density at radius 1 is 1.40 bits per heavy atom. The van der Waals surface area contributed by atoms with Crippen molar-refractivity contribution >= 4 is 22.7 Å². The third-order valence-electron chi connectivity index (χ3n) is 4.11. The zero-order valence-electron chi connectivity index (χ0n) is 13.1. The molecule has 1 fully saturated rings. The Hall–Kier alpha value is -3.08. The fourth-order valence-electron chi connectivity index (χ4n) is 2.98. The summed E-state index contributed by atoms with van der Waals surface area (Å²) in [6.45, 7) is -0.791. The number of nitriles is 1. The molecular formula is C17H14F2N4O2. The Morgan fingerprint density at radius 2 is 2.12 bits per heavy atom. The van der Waals surface area contributed by atoms with Crippen molar-refractivity contribution in [2.24, 2.45) is 5.73 Å². The van der Waals surface area contributed by atoms with Gasteiger partial charge in [0, 0.05) is 11.8 Å². The Bertz CT molecular complexity index is 907. The van der Waals surface area contributed by atoms with Gasteiger partial charge in [-0.15, -0.1) is 0 Å². The van der Waals surface area contributed by atoms with Crippen LogP contribution in [0.25, 0.3) is 10.9 Å². The van der Waals surface area contributed by atoms with Gasteiger partial charge in [-0.25, -0.2) is 8.78 Å². The van der Waals surface area contributed by atoms with Crippen molar-refractivity contribution in [3.8, 4) is 6.07 Å². The third kappa shape index (κ3) is 3.26. The number of para-hydroxylation sites is 1. The molecule has 1 aromatic carbocycles. The van der Waals surface area contributed by atoms with E-state index in [1.54, 1.807) is 30.3 Å². The van der Waals surface area contributed by atoms with Crippen LogP contribution >= 0.6 is 0 Å². The largest absolute Gasteiger partial charge is 0.366 e. The van der Waals surface area contributed by atoms with Gasteiger partial charge in [0.25, 0.3) is 5.92 Å². The van der Waals surface area contributed by atoms with Crippen LogP contribution in [0.5, 0.6) is 0 Å². The molecule has 1 aromatic heterocycles. The fraction of sp³-hybridized carbons (Fsp3) is 0.294. The molecule has 0 radical (unpaired) electrons. The Labute approximate surface area is 141 Å². The Kier molecular flexibility index (Phi) is 4.08. The van der Waals surface area contributed by atoms with Gasteiger partial charge >= 0.3 is 0 Å². The van der Waals surface area contributed by atoms with E-state index in [0.29, 0.717) is 10.9 Å². The van der Waals surface area contributed by atoms with Crippen molar-refractivity contribution in [3.63, 3.8) is 0 Å². The second-order valence-electron chi connectivity index (χ2n) is 5.95. The number of fused-ring (bicyclic) bond motifs is 1. The molecule has 6 nitrogen and oxygen atoms in total. The van der Waals surface area contributed by atoms with E-state index in [1.807, 2.05) is 0 Å². The summed E-state index contributed by atoms with van der Waals surface area (Å²) in [7, 11) is 0. The first-order valence-electron chi connectivity index (χ1n) is 7.56. The lowest BCUT2D eigenvalue weighted by molar-refractivity contribution is -0.131. The monoisotopic (exact) mass is 344 g/mol. The molecular weight excluding hydrogens is 330 g/mol. The molecule has 0 spiro atoms. The zero-order valence-corrected chi connectivity index (χ0v) is 13.1. The molecule has 0 saturated carbocycles. The molecule has 1 saturated heterocycles. The number of rotatable bonds is 3. The van der Waals surface area contributed by atoms with Crippen LogP contribution < -0.4 is 5.73 Å². The van der Waals surface area contributed by atoms with Crippen LogP contribution in [0.2, 0.25) is 0 Å². The second kappa shape index (κ2) is 6.09. The van der Waals surface area contributed by atoms with Crippen LogP contribution in [0.3, 0.4) is 0 Å². The van der Waals surface area contributed by atoms with Gasteiger partial charge in [0.1, 0.15) is 6.04 Å². The van der Waals surface area contributed by atoms with Crippen LogP contribution in [-0.4, -0.2) is 40.2 Å². The first kappa shape index (κ1) is 16.8. The number of amides is 2. The van der Waals surface area contributed by atoms with Crippen molar-refractivity contribution in [3.05, 3.63) is 41.6 Å². The van der Waals surface area contributed by atoms with E-state index in [0.717, 1.165) is 4.90 Å². The van der Waals surface area contributed by atoms with Crippen molar-refractivity contribution < 1.29 is 18.4 Å². The molecule has 2 heterocycles. The quantitative estimate of drug-likeness (QED) is 0.914. The average molecular weight is 344 g/mol. The topological polar surface area (TPSA) is 100 Å². The molecule has 1 unspecified atom stereocenters. The molecule has 3 rings (SSSR count). The number of nitrogens with two attached hydrogens (primary N) is 1. The van der Waals surface area contributed by atoms with Crippen molar-refractivity contribution in [1.29, 1.82) is 5.26 Å². The minimum atomic E-state index is -3.08. The number of pyridine rings is 1. The second-order valence-corrected chi connectivity index (χ2v) is 5.95. The maximum Gasteiger partial charge on any atom is 0.268 e. The lowest BCUT2D eigenvalue weighted by Crippen LogP contribution is -2.37. The molecule has 8 heteroatoms. The molecule has 128 valence electrons. The number of halogens is 2. The van der Waals surface area contributed by atoms with Crippen molar-refractivity contribution in [2.45, 2.75) is 24.8 Å². The lowest BCUT2D eigenvalue weighted by Gasteiger charge is -2.19. The van der Waals surface area contributed by atoms with Crippen LogP contribution in [-0.2, 0) is 11.2 Å². The van der Waals surface area contributed by atoms with E-state index in [1.165, 1.54) is 6.07 Å². The van der Waals surface area contributed by atoms with Crippen LogP contribution in [0.4, 0.5) is 8.78 Å². The van der Waals surface area contributed by atoms with Crippen LogP contribution in [0.15, 0.2) is 30.3 Å². The van der Waals surface area contributed by atoms with E-state index in [-0.39, 0.29) is 17.7 Å². The molecule has 25 heavy (non-hydrogen) atoms. The van der Waals surface area contributed by atoms with Crippen LogP contribution in [0.1, 0.15) is 22.5 Å². The molecule has 0 aliphatic carbocycles. The standard InChI is InChI=1S/C17H14F2N4O2/c18-17(19)7-11(8-20)23(9-17)15(24)6-10-5-13(16(21)25)12-3-1-2-4-14(12)22-10/h1-5,11H,6-7,9H2,(H2,21,25). The number of nitrogens with zero attached hydrogens (tertiary/aromatic N) is 3. The number of hydrogen-bond donors (Lipinski definition) is 1. The van der Waals surface area contributed by atoms with Gasteiger partial charge in [-0.2, -0.15) is 5.26 Å². The average Bonchev–Trinajstić information content (AvgIpc) is 2.89. The van der Waals surface area contributed by atoms with E-state index < -0.39 is 36.7 Å². The third-order valence-corrected chi connectivity index (χ3v) is 4.11. The summed E-state index contributed by atoms with van der Waals surface area (Å²) in [6, 6.07) is 8.74. The van der Waals surface area contributed by atoms with Gasteiger partial charge in [0.2, 0.25) is 11.8 Å². The molecule has 0 bridgehead atoms. The number of hydrogen-bond acceptors (Lipinski definition) is 4. The summed E-state index contributed by atoms with van der Waals surface area (Å²) in [5.74, 6) is -4.39. The number of primary amides is 1. The minimum absolute atomic E-state index is 0.206. The van der Waals surface area contributed by atoms with E-state index in [2.05, 4.69) is 4.98 Å². The summed E-state index contributed by atoms with van der Waals surface area (Å²) >= 11 is 0. The summed E-state index contributed by atoms with van der Waals surface area (Å²) in [4.78, 5) is 29.2. The maximum absolute atomic E-state index is 13.5. The smallest absolute Gasteiger partial charge is 0.268 e. The van der Waals surface area contributed by atoms with Crippen molar-refractivity contribution in [1.82, 2.24) is 9.88 Å². The summed E-state index contributed by atoms with van der Waals surface area (Å²) < 4.78 is 27.0. The molecule has 2 N–H and O–H groups in total. The fourth-order valence-corrected chi connectivity index (χ4v) is 2.98. The number of benzene rings is 1. The summed E-state index contributed by atoms with van der Waals surface area (Å²) in [6.07, 6.45) is -0.966. The first-order valence-corrected chi connectivity index (χ1v) is 7.56. The lowest BCUT2D eigenvalue weighted by atomic mass is 10.1. The van der Waals surface area contributed by atoms with Gasteiger partial charge in [0.15, 0.2) is 0 Å². The Balaban J connectivity index is 1.92. The number of carbonyl (C=O) groups excluding carboxylic acids is 2. The van der Waals surface area contributed by atoms with Crippen LogP contribution in [0, 0.1) is 11.3 Å². The molecule has 1 aliphatic heterocycles. The van der Waals surface area contributed by atoms with Gasteiger partial charge in [-0.05, 0) is 12.1 Å². The summed E-state index contributed by atoms with van der Waals surface area (Å²) in [5, 5.41) is 9.54. The first-order chi connectivity index (χ1) is 11.8. The molecule has 1 aliphatic rings. The maximum atomic E-state index is 13.5. The van der Waals surface area contributed by atoms with Gasteiger partial charge in [-0.3, -0.25) is 14.6 Å². The number of likely N-dealkylation sites (tertiary alicyclic amines) is 1. The van der Waals surface area contributed by atoms with Gasteiger partial charge < -0.3 is 10.6 Å². The number of carbonyl (C=O) groups is 2. The van der Waals surface area contributed by atoms with Crippen molar-refractivity contribution in [2.75, 3.05) is 6.54 Å². The normalized spacial score (nSPS) is 18.9. The molecule has 2 aromatic rings. The predicted octanol–water partition coefficient (Wildman–Crippen LogP) is 1.64. The highest BCUT2D eigenvalue weighted by Gasteiger charge is 2.47. The van der Waals surface area contributed by atoms with Gasteiger partial charge in [-0.1, -0.05) is 18.2 Å². The molecule has 2 amide bonds. The number of alkyl halides is 2. The SMILES string of the molecule is N#CC1CC(F)(F)CN1C(=O)Cc1cc(C(N)=O)c2ccccc2n1. The van der Waals surface area contributed by atoms with E-state index >= 15 is 0 Å². The highest BCUT2D eigenvalue weighted by molar-refractivity contribution is 6.05.